The van der Waals surface area contributed by atoms with Crippen LogP contribution in [0.15, 0.2) is 0 Å². The van der Waals surface area contributed by atoms with Crippen LogP contribution >= 0.6 is 0 Å². The standard InChI is InChI=1S/C11H21NO2/c1-10(2,3)14-11(9-13)5-7-12(4)8-6-11/h9H,5-8H2,1-4H3. The molecule has 3 heteroatoms. The molecule has 1 aliphatic heterocycles. The second-order valence-corrected chi connectivity index (χ2v) is 5.20. The fourth-order valence-corrected chi connectivity index (χ4v) is 1.85. The molecule has 0 radical (unpaired) electrons. The zero-order valence-corrected chi connectivity index (χ0v) is 9.67. The van der Waals surface area contributed by atoms with Crippen LogP contribution in [-0.2, 0) is 9.53 Å². The molecule has 0 aliphatic carbocycles. The summed E-state index contributed by atoms with van der Waals surface area (Å²) >= 11 is 0. The summed E-state index contributed by atoms with van der Waals surface area (Å²) in [5, 5.41) is 0. The number of hydrogen-bond donors (Lipinski definition) is 0. The second kappa shape index (κ2) is 3.99. The molecule has 0 spiro atoms. The lowest BCUT2D eigenvalue weighted by Crippen LogP contribution is -2.49. The Labute approximate surface area is 86.4 Å². The van der Waals surface area contributed by atoms with Gasteiger partial charge in [0.1, 0.15) is 5.60 Å². The van der Waals surface area contributed by atoms with E-state index in [1.807, 2.05) is 20.8 Å². The number of carbonyl (C=O) groups is 1. The number of rotatable bonds is 2. The summed E-state index contributed by atoms with van der Waals surface area (Å²) in [5.74, 6) is 0. The van der Waals surface area contributed by atoms with E-state index in [-0.39, 0.29) is 5.60 Å². The molecule has 14 heavy (non-hydrogen) atoms. The lowest BCUT2D eigenvalue weighted by atomic mass is 9.92. The van der Waals surface area contributed by atoms with Crippen molar-refractivity contribution >= 4 is 6.29 Å². The Balaban J connectivity index is 2.63. The predicted octanol–water partition coefficient (Wildman–Crippen LogP) is 1.46. The van der Waals surface area contributed by atoms with Gasteiger partial charge in [-0.25, -0.2) is 0 Å². The third kappa shape index (κ3) is 3.07. The van der Waals surface area contributed by atoms with E-state index >= 15 is 0 Å². The maximum atomic E-state index is 11.1. The number of carbonyl (C=O) groups excluding carboxylic acids is 1. The van der Waals surface area contributed by atoms with E-state index in [1.54, 1.807) is 0 Å². The van der Waals surface area contributed by atoms with Crippen molar-refractivity contribution in [3.05, 3.63) is 0 Å². The largest absolute Gasteiger partial charge is 0.362 e. The van der Waals surface area contributed by atoms with Gasteiger partial charge in [0, 0.05) is 13.1 Å². The molecule has 1 fully saturated rings. The minimum atomic E-state index is -0.537. The van der Waals surface area contributed by atoms with E-state index < -0.39 is 5.60 Å². The van der Waals surface area contributed by atoms with Crippen LogP contribution in [0.5, 0.6) is 0 Å². The van der Waals surface area contributed by atoms with Gasteiger partial charge in [0.05, 0.1) is 5.60 Å². The molecule has 0 amide bonds. The van der Waals surface area contributed by atoms with E-state index in [2.05, 4.69) is 11.9 Å². The Kier molecular flexibility index (Phi) is 3.32. The van der Waals surface area contributed by atoms with Gasteiger partial charge in [-0.2, -0.15) is 0 Å². The number of likely N-dealkylation sites (tertiary alicyclic amines) is 1. The van der Waals surface area contributed by atoms with Crippen molar-refractivity contribution in [2.45, 2.75) is 44.8 Å². The first kappa shape index (κ1) is 11.7. The first-order chi connectivity index (χ1) is 6.37. The molecule has 0 aromatic heterocycles. The van der Waals surface area contributed by atoms with Crippen molar-refractivity contribution in [2.75, 3.05) is 20.1 Å². The number of nitrogens with zero attached hydrogens (tertiary/aromatic N) is 1. The van der Waals surface area contributed by atoms with Crippen LogP contribution < -0.4 is 0 Å². The van der Waals surface area contributed by atoms with E-state index in [0.717, 1.165) is 32.2 Å². The van der Waals surface area contributed by atoms with E-state index in [4.69, 9.17) is 4.74 Å². The maximum absolute atomic E-state index is 11.1. The zero-order valence-electron chi connectivity index (χ0n) is 9.67. The first-order valence-electron chi connectivity index (χ1n) is 5.22. The lowest BCUT2D eigenvalue weighted by Gasteiger charge is -2.40. The SMILES string of the molecule is CN1CCC(C=O)(OC(C)(C)C)CC1. The highest BCUT2D eigenvalue weighted by Gasteiger charge is 2.37. The Morgan fingerprint density at radius 2 is 1.79 bits per heavy atom. The summed E-state index contributed by atoms with van der Waals surface area (Å²) in [6.07, 6.45) is 2.61. The Bertz CT molecular complexity index is 200. The minimum absolute atomic E-state index is 0.239. The minimum Gasteiger partial charge on any atom is -0.362 e. The molecule has 0 saturated carbocycles. The molecule has 0 unspecified atom stereocenters. The van der Waals surface area contributed by atoms with Gasteiger partial charge < -0.3 is 14.4 Å². The predicted molar refractivity (Wildman–Crippen MR) is 56.4 cm³/mol. The molecule has 0 bridgehead atoms. The van der Waals surface area contributed by atoms with Gasteiger partial charge in [-0.15, -0.1) is 0 Å². The third-order valence-corrected chi connectivity index (χ3v) is 2.56. The van der Waals surface area contributed by atoms with Crippen molar-refractivity contribution in [1.29, 1.82) is 0 Å². The van der Waals surface area contributed by atoms with Gasteiger partial charge in [0.2, 0.25) is 0 Å². The molecule has 0 aromatic rings. The summed E-state index contributed by atoms with van der Waals surface area (Å²) in [4.78, 5) is 13.4. The van der Waals surface area contributed by atoms with Crippen LogP contribution in [0.25, 0.3) is 0 Å². The normalized spacial score (nSPS) is 23.4. The molecule has 1 rings (SSSR count). The highest BCUT2D eigenvalue weighted by molar-refractivity contribution is 5.63. The molecule has 1 saturated heterocycles. The van der Waals surface area contributed by atoms with E-state index in [1.165, 1.54) is 0 Å². The van der Waals surface area contributed by atoms with Crippen LogP contribution in [0.1, 0.15) is 33.6 Å². The van der Waals surface area contributed by atoms with Crippen LogP contribution in [0.3, 0.4) is 0 Å². The topological polar surface area (TPSA) is 29.5 Å². The van der Waals surface area contributed by atoms with Crippen LogP contribution in [0, 0.1) is 0 Å². The second-order valence-electron chi connectivity index (χ2n) is 5.20. The summed E-state index contributed by atoms with van der Waals surface area (Å²) in [5.41, 5.74) is -0.776. The number of aldehydes is 1. The summed E-state index contributed by atoms with van der Waals surface area (Å²) in [6.45, 7) is 7.87. The van der Waals surface area contributed by atoms with Gasteiger partial charge in [0.25, 0.3) is 0 Å². The van der Waals surface area contributed by atoms with Gasteiger partial charge in [-0.1, -0.05) is 0 Å². The maximum Gasteiger partial charge on any atom is 0.151 e. The number of ether oxygens (including phenoxy) is 1. The summed E-state index contributed by atoms with van der Waals surface area (Å²) in [6, 6.07) is 0. The molecule has 0 atom stereocenters. The van der Waals surface area contributed by atoms with Gasteiger partial charge in [-0.3, -0.25) is 0 Å². The Morgan fingerprint density at radius 3 is 2.14 bits per heavy atom. The fraction of sp³-hybridized carbons (Fsp3) is 0.909. The first-order valence-corrected chi connectivity index (χ1v) is 5.22. The highest BCUT2D eigenvalue weighted by Crippen LogP contribution is 2.28. The number of piperidine rings is 1. The van der Waals surface area contributed by atoms with Crippen LogP contribution in [0.2, 0.25) is 0 Å². The molecular formula is C11H21NO2. The van der Waals surface area contributed by atoms with Gasteiger partial charge >= 0.3 is 0 Å². The number of hydrogen-bond acceptors (Lipinski definition) is 3. The van der Waals surface area contributed by atoms with Crippen molar-refractivity contribution in [3.63, 3.8) is 0 Å². The summed E-state index contributed by atoms with van der Waals surface area (Å²) < 4.78 is 5.87. The highest BCUT2D eigenvalue weighted by atomic mass is 16.5. The molecule has 1 heterocycles. The van der Waals surface area contributed by atoms with Crippen molar-refractivity contribution < 1.29 is 9.53 Å². The van der Waals surface area contributed by atoms with Crippen molar-refractivity contribution in [1.82, 2.24) is 4.90 Å². The third-order valence-electron chi connectivity index (χ3n) is 2.56. The zero-order chi connectivity index (χ0) is 10.8. The monoisotopic (exact) mass is 199 g/mol. The Hall–Kier alpha value is -0.410. The average molecular weight is 199 g/mol. The fourth-order valence-electron chi connectivity index (χ4n) is 1.85. The average Bonchev–Trinajstić information content (AvgIpc) is 2.07. The quantitative estimate of drug-likeness (QED) is 0.631. The molecule has 3 nitrogen and oxygen atoms in total. The van der Waals surface area contributed by atoms with Gasteiger partial charge in [-0.05, 0) is 40.7 Å². The molecule has 0 aromatic carbocycles. The van der Waals surface area contributed by atoms with Gasteiger partial charge in [0.15, 0.2) is 6.29 Å². The van der Waals surface area contributed by atoms with Crippen LogP contribution in [0.4, 0.5) is 0 Å². The molecule has 1 aliphatic rings. The molecule has 0 N–H and O–H groups in total. The van der Waals surface area contributed by atoms with E-state index in [9.17, 15) is 4.79 Å². The van der Waals surface area contributed by atoms with Crippen LogP contribution in [-0.4, -0.2) is 42.5 Å². The molecular weight excluding hydrogens is 178 g/mol. The van der Waals surface area contributed by atoms with Crippen molar-refractivity contribution in [2.24, 2.45) is 0 Å². The molecule has 82 valence electrons. The van der Waals surface area contributed by atoms with Crippen molar-refractivity contribution in [3.8, 4) is 0 Å². The van der Waals surface area contributed by atoms with E-state index in [0.29, 0.717) is 0 Å². The smallest absolute Gasteiger partial charge is 0.151 e. The summed E-state index contributed by atoms with van der Waals surface area (Å²) in [7, 11) is 2.08. The lowest BCUT2D eigenvalue weighted by molar-refractivity contribution is -0.163. The Morgan fingerprint density at radius 1 is 1.29 bits per heavy atom.